The van der Waals surface area contributed by atoms with Crippen LogP contribution in [0.5, 0.6) is 0 Å². The molecular formula is C17H30IN7O4. The van der Waals surface area contributed by atoms with E-state index in [1.54, 1.807) is 29.5 Å². The number of hydrogen-bond acceptors (Lipinski definition) is 6. The van der Waals surface area contributed by atoms with Gasteiger partial charge in [0.1, 0.15) is 12.1 Å². The van der Waals surface area contributed by atoms with Crippen molar-refractivity contribution in [2.24, 2.45) is 22.2 Å². The highest BCUT2D eigenvalue weighted by Gasteiger charge is 2.36. The zero-order valence-electron chi connectivity index (χ0n) is 16.7. The number of hydrogen-bond donors (Lipinski definition) is 5. The third kappa shape index (κ3) is 8.12. The number of carbonyl (C=O) groups is 4. The Morgan fingerprint density at radius 3 is 2.41 bits per heavy atom. The number of nitrogens with two attached hydrogens (primary N) is 3. The van der Waals surface area contributed by atoms with E-state index < -0.39 is 36.0 Å². The minimum atomic E-state index is -0.869. The van der Waals surface area contributed by atoms with Crippen LogP contribution in [0.25, 0.3) is 0 Å². The number of nitrogens with one attached hydrogen (secondary N) is 2. The highest BCUT2D eigenvalue weighted by molar-refractivity contribution is 14.1. The minimum Gasteiger partial charge on any atom is -0.370 e. The lowest BCUT2D eigenvalue weighted by Crippen LogP contribution is -2.55. The van der Waals surface area contributed by atoms with Gasteiger partial charge >= 0.3 is 0 Å². The number of nitrogens with zero attached hydrogens (tertiary/aromatic N) is 2. The van der Waals surface area contributed by atoms with E-state index in [9.17, 15) is 19.2 Å². The van der Waals surface area contributed by atoms with Gasteiger partial charge in [-0.3, -0.25) is 24.2 Å². The van der Waals surface area contributed by atoms with Crippen LogP contribution in [0.15, 0.2) is 4.99 Å². The molecule has 0 bridgehead atoms. The Hall–Kier alpha value is -1.96. The third-order valence-electron chi connectivity index (χ3n) is 4.52. The van der Waals surface area contributed by atoms with Gasteiger partial charge in [0.25, 0.3) is 0 Å². The summed E-state index contributed by atoms with van der Waals surface area (Å²) in [5.41, 5.74) is 16.1. The van der Waals surface area contributed by atoms with Gasteiger partial charge < -0.3 is 32.7 Å². The molecule has 12 heteroatoms. The predicted molar refractivity (Wildman–Crippen MR) is 117 cm³/mol. The van der Waals surface area contributed by atoms with Crippen molar-refractivity contribution in [3.05, 3.63) is 0 Å². The minimum absolute atomic E-state index is 0.0359. The fraction of sp³-hybridized carbons (Fsp3) is 0.706. The van der Waals surface area contributed by atoms with Crippen LogP contribution in [-0.4, -0.2) is 69.6 Å². The van der Waals surface area contributed by atoms with Crippen molar-refractivity contribution in [3.8, 4) is 0 Å². The maximum atomic E-state index is 12.6. The lowest BCUT2D eigenvalue weighted by atomic mass is 10.1. The zero-order chi connectivity index (χ0) is 22.1. The smallest absolute Gasteiger partial charge is 0.243 e. The van der Waals surface area contributed by atoms with Crippen LogP contribution in [0, 0.1) is 0 Å². The molecule has 1 saturated heterocycles. The summed E-state index contributed by atoms with van der Waals surface area (Å²) in [6.45, 7) is 3.89. The number of likely N-dealkylation sites (tertiary alicyclic amines) is 1. The van der Waals surface area contributed by atoms with Crippen molar-refractivity contribution < 1.29 is 19.2 Å². The quantitative estimate of drug-likeness (QED) is 0.0745. The fourth-order valence-electron chi connectivity index (χ4n) is 2.98. The zero-order valence-corrected chi connectivity index (χ0v) is 18.8. The molecule has 1 rings (SSSR count). The van der Waals surface area contributed by atoms with Crippen molar-refractivity contribution in [2.75, 3.05) is 13.1 Å². The summed E-state index contributed by atoms with van der Waals surface area (Å²) < 4.78 is -0.233. The second-order valence-electron chi connectivity index (χ2n) is 7.02. The lowest BCUT2D eigenvalue weighted by molar-refractivity contribution is -0.140. The first-order valence-electron chi connectivity index (χ1n) is 9.46. The number of carbonyl (C=O) groups excluding carboxylic acids is 4. The molecule has 0 radical (unpaired) electrons. The van der Waals surface area contributed by atoms with Gasteiger partial charge in [-0.1, -0.05) is 0 Å². The molecule has 0 saturated carbocycles. The number of aliphatic imine (C=N–C) groups is 1. The average Bonchev–Trinajstić information content (AvgIpc) is 3.12. The molecule has 1 fully saturated rings. The molecule has 8 N–H and O–H groups in total. The molecular weight excluding hydrogens is 493 g/mol. The first kappa shape index (κ1) is 25.1. The molecule has 0 unspecified atom stereocenters. The molecule has 1 aliphatic heterocycles. The lowest BCUT2D eigenvalue weighted by Gasteiger charge is -2.27. The van der Waals surface area contributed by atoms with E-state index >= 15 is 0 Å². The topological polar surface area (TPSA) is 186 Å². The van der Waals surface area contributed by atoms with Crippen LogP contribution in [0.1, 0.15) is 39.5 Å². The van der Waals surface area contributed by atoms with E-state index in [-0.39, 0.29) is 15.7 Å². The van der Waals surface area contributed by atoms with Crippen LogP contribution in [0.4, 0.5) is 0 Å². The largest absolute Gasteiger partial charge is 0.370 e. The molecule has 0 aromatic carbocycles. The van der Waals surface area contributed by atoms with Crippen LogP contribution in [0.2, 0.25) is 0 Å². The normalized spacial score (nSPS) is 19.0. The molecule has 0 aromatic heterocycles. The van der Waals surface area contributed by atoms with Crippen molar-refractivity contribution >= 4 is 50.1 Å². The van der Waals surface area contributed by atoms with Gasteiger partial charge in [0, 0.05) is 35.7 Å². The fourth-order valence-corrected chi connectivity index (χ4v) is 3.45. The van der Waals surface area contributed by atoms with Crippen LogP contribution < -0.4 is 27.8 Å². The van der Waals surface area contributed by atoms with E-state index in [1.807, 2.05) is 0 Å². The maximum Gasteiger partial charge on any atom is 0.243 e. The molecule has 0 spiro atoms. The van der Waals surface area contributed by atoms with Crippen LogP contribution in [0.3, 0.4) is 0 Å². The molecule has 0 aromatic rings. The Bertz CT molecular complexity index is 652. The molecule has 164 valence electrons. The summed E-state index contributed by atoms with van der Waals surface area (Å²) in [5.74, 6) is -1.23. The van der Waals surface area contributed by atoms with Crippen molar-refractivity contribution in [1.29, 1.82) is 0 Å². The van der Waals surface area contributed by atoms with Gasteiger partial charge in [-0.05, 0) is 39.5 Å². The number of halogens is 1. The van der Waals surface area contributed by atoms with Gasteiger partial charge in [-0.15, -0.1) is 0 Å². The highest BCUT2D eigenvalue weighted by Crippen LogP contribution is 2.18. The summed E-state index contributed by atoms with van der Waals surface area (Å²) in [5, 5.41) is 5.25. The van der Waals surface area contributed by atoms with Crippen LogP contribution in [-0.2, 0) is 19.2 Å². The highest BCUT2D eigenvalue weighted by atomic mass is 127. The summed E-state index contributed by atoms with van der Waals surface area (Å²) in [6.07, 6.45) is 2.08. The Balaban J connectivity index is 2.60. The Kier molecular flexibility index (Phi) is 10.3. The Morgan fingerprint density at radius 1 is 1.21 bits per heavy atom. The summed E-state index contributed by atoms with van der Waals surface area (Å²) >= 11 is 1.62. The summed E-state index contributed by atoms with van der Waals surface area (Å²) in [4.78, 5) is 54.2. The third-order valence-corrected chi connectivity index (χ3v) is 5.27. The second-order valence-corrected chi connectivity index (χ2v) is 8.09. The Morgan fingerprint density at radius 2 is 1.86 bits per heavy atom. The van der Waals surface area contributed by atoms with E-state index in [0.29, 0.717) is 38.8 Å². The number of amides is 3. The molecule has 4 atom stereocenters. The maximum absolute atomic E-state index is 12.6. The molecule has 0 aliphatic carbocycles. The van der Waals surface area contributed by atoms with Crippen LogP contribution >= 0.6 is 22.6 Å². The number of rotatable bonds is 10. The summed E-state index contributed by atoms with van der Waals surface area (Å²) in [7, 11) is 0. The van der Waals surface area contributed by atoms with E-state index in [4.69, 9.17) is 17.2 Å². The molecule has 1 aliphatic rings. The van der Waals surface area contributed by atoms with E-state index in [0.717, 1.165) is 0 Å². The second kappa shape index (κ2) is 11.9. The predicted octanol–water partition coefficient (Wildman–Crippen LogP) is -1.67. The van der Waals surface area contributed by atoms with Gasteiger partial charge in [0.2, 0.25) is 21.5 Å². The van der Waals surface area contributed by atoms with Gasteiger partial charge in [0.15, 0.2) is 5.96 Å². The first-order chi connectivity index (χ1) is 13.5. The van der Waals surface area contributed by atoms with E-state index in [1.165, 1.54) is 11.8 Å². The number of guanidine groups is 1. The van der Waals surface area contributed by atoms with Crippen molar-refractivity contribution in [2.45, 2.75) is 63.7 Å². The molecule has 11 nitrogen and oxygen atoms in total. The van der Waals surface area contributed by atoms with E-state index in [2.05, 4.69) is 15.6 Å². The van der Waals surface area contributed by atoms with Gasteiger partial charge in [0.05, 0.1) is 12.1 Å². The monoisotopic (exact) mass is 523 g/mol. The van der Waals surface area contributed by atoms with Gasteiger partial charge in [-0.25, -0.2) is 0 Å². The molecule has 29 heavy (non-hydrogen) atoms. The summed E-state index contributed by atoms with van der Waals surface area (Å²) in [6, 6.07) is -2.92. The van der Waals surface area contributed by atoms with Gasteiger partial charge in [-0.2, -0.15) is 0 Å². The first-order valence-corrected chi connectivity index (χ1v) is 10.5. The Labute approximate surface area is 183 Å². The SMILES string of the molecule is C[C@H](N)C(=O)N1CCC[C@H]1C(=O)N[C@@H](C)C(=O)N[C@@H](CCCN=C(N)N)C(=O)I. The standard InChI is InChI=1S/C17H30IN7O4/c1-9(19)16(29)25-8-4-6-12(25)15(28)23-10(2)14(27)24-11(13(18)26)5-3-7-22-17(20)21/h9-12H,3-8,19H2,1-2H3,(H,23,28)(H,24,27)(H4,20,21,22)/t9-,10-,11-,12-/m0/s1. The average molecular weight is 523 g/mol. The van der Waals surface area contributed by atoms with Crippen molar-refractivity contribution in [3.63, 3.8) is 0 Å². The molecule has 1 heterocycles. The molecule has 3 amide bonds. The van der Waals surface area contributed by atoms with Crippen molar-refractivity contribution in [1.82, 2.24) is 15.5 Å².